The van der Waals surface area contributed by atoms with E-state index in [0.717, 1.165) is 10.4 Å². The first-order valence-electron chi connectivity index (χ1n) is 8.34. The molecule has 0 aromatic heterocycles. The van der Waals surface area contributed by atoms with E-state index in [1.54, 1.807) is 13.8 Å². The number of carbonyl (C=O) groups excluding carboxylic acids is 1. The van der Waals surface area contributed by atoms with Gasteiger partial charge in [0.15, 0.2) is 0 Å². The summed E-state index contributed by atoms with van der Waals surface area (Å²) in [5.41, 5.74) is -1.23. The Morgan fingerprint density at radius 3 is 2.43 bits per heavy atom. The summed E-state index contributed by atoms with van der Waals surface area (Å²) < 4.78 is 71.5. The van der Waals surface area contributed by atoms with Gasteiger partial charge in [0, 0.05) is 25.8 Å². The van der Waals surface area contributed by atoms with Gasteiger partial charge in [-0.3, -0.25) is 4.79 Å². The topological polar surface area (TPSA) is 79.0 Å². The standard InChI is InChI=1S/C16H21ClF3N3O4S/c1-10-7-23(8-11(2)27-10)28(25,26)22(3)9-15(24)21-12-4-5-14(17)13(6-12)16(18,19)20/h4-6,10-11H,7-9H2,1-3H3,(H,21,24). The smallest absolute Gasteiger partial charge is 0.373 e. The first-order valence-corrected chi connectivity index (χ1v) is 10.1. The van der Waals surface area contributed by atoms with E-state index in [1.165, 1.54) is 17.4 Å². The van der Waals surface area contributed by atoms with Crippen LogP contribution in [0.1, 0.15) is 19.4 Å². The maximum Gasteiger partial charge on any atom is 0.417 e. The number of alkyl halides is 3. The summed E-state index contributed by atoms with van der Waals surface area (Å²) in [5, 5.41) is 1.76. The molecule has 1 amide bonds. The molecule has 1 aliphatic heterocycles. The van der Waals surface area contributed by atoms with Gasteiger partial charge in [-0.05, 0) is 32.0 Å². The highest BCUT2D eigenvalue weighted by Crippen LogP contribution is 2.36. The van der Waals surface area contributed by atoms with Crippen molar-refractivity contribution in [2.24, 2.45) is 0 Å². The number of likely N-dealkylation sites (N-methyl/N-ethyl adjacent to an activating group) is 1. The lowest BCUT2D eigenvalue weighted by Gasteiger charge is -2.36. The predicted octanol–water partition coefficient (Wildman–Crippen LogP) is 2.58. The number of morpholine rings is 1. The van der Waals surface area contributed by atoms with Gasteiger partial charge in [-0.2, -0.15) is 30.2 Å². The van der Waals surface area contributed by atoms with Gasteiger partial charge in [0.25, 0.3) is 10.2 Å². The Balaban J connectivity index is 2.06. The summed E-state index contributed by atoms with van der Waals surface area (Å²) in [4.78, 5) is 12.2. The fraction of sp³-hybridized carbons (Fsp3) is 0.562. The largest absolute Gasteiger partial charge is 0.417 e. The molecule has 0 aliphatic carbocycles. The van der Waals surface area contributed by atoms with Gasteiger partial charge < -0.3 is 10.1 Å². The van der Waals surface area contributed by atoms with E-state index >= 15 is 0 Å². The number of nitrogens with one attached hydrogen (secondary N) is 1. The molecule has 2 atom stereocenters. The van der Waals surface area contributed by atoms with Crippen molar-refractivity contribution in [3.63, 3.8) is 0 Å². The lowest BCUT2D eigenvalue weighted by atomic mass is 10.2. The fourth-order valence-electron chi connectivity index (χ4n) is 2.82. The number of nitrogens with zero attached hydrogens (tertiary/aromatic N) is 2. The summed E-state index contributed by atoms with van der Waals surface area (Å²) in [6, 6.07) is 2.91. The second-order valence-electron chi connectivity index (χ2n) is 6.58. The fourth-order valence-corrected chi connectivity index (χ4v) is 4.52. The van der Waals surface area contributed by atoms with Crippen LogP contribution >= 0.6 is 11.6 Å². The highest BCUT2D eigenvalue weighted by atomic mass is 35.5. The van der Waals surface area contributed by atoms with Gasteiger partial charge in [-0.1, -0.05) is 11.6 Å². The third-order valence-corrected chi connectivity index (χ3v) is 6.23. The van der Waals surface area contributed by atoms with E-state index in [2.05, 4.69) is 5.32 Å². The lowest BCUT2D eigenvalue weighted by molar-refractivity contribution is -0.137. The number of amides is 1. The molecule has 0 saturated carbocycles. The quantitative estimate of drug-likeness (QED) is 0.758. The van der Waals surface area contributed by atoms with Crippen LogP contribution in [0.3, 0.4) is 0 Å². The minimum absolute atomic E-state index is 0.138. The van der Waals surface area contributed by atoms with Crippen LogP contribution in [-0.2, 0) is 25.9 Å². The van der Waals surface area contributed by atoms with Crippen LogP contribution in [0.5, 0.6) is 0 Å². The third-order valence-electron chi connectivity index (χ3n) is 4.03. The van der Waals surface area contributed by atoms with E-state index in [-0.39, 0.29) is 31.0 Å². The summed E-state index contributed by atoms with van der Waals surface area (Å²) in [5.74, 6) is -0.782. The molecule has 7 nitrogen and oxygen atoms in total. The van der Waals surface area contributed by atoms with Crippen LogP contribution in [-0.4, -0.2) is 61.8 Å². The van der Waals surface area contributed by atoms with Gasteiger partial charge in [0.2, 0.25) is 5.91 Å². The molecular formula is C16H21ClF3N3O4S. The number of halogens is 4. The first kappa shape index (κ1) is 22.9. The molecule has 0 bridgehead atoms. The normalized spacial score (nSPS) is 21.7. The van der Waals surface area contributed by atoms with Crippen LogP contribution in [0, 0.1) is 0 Å². The highest BCUT2D eigenvalue weighted by molar-refractivity contribution is 7.86. The second-order valence-corrected chi connectivity index (χ2v) is 9.02. The maximum atomic E-state index is 12.9. The molecular weight excluding hydrogens is 423 g/mol. The number of hydrogen-bond acceptors (Lipinski definition) is 4. The van der Waals surface area contributed by atoms with Crippen molar-refractivity contribution >= 4 is 33.4 Å². The Kier molecular flexibility index (Phi) is 6.98. The van der Waals surface area contributed by atoms with Crippen LogP contribution in [0.15, 0.2) is 18.2 Å². The molecule has 2 rings (SSSR count). The lowest BCUT2D eigenvalue weighted by Crippen LogP contribution is -2.53. The SMILES string of the molecule is CC1CN(S(=O)(=O)N(C)CC(=O)Nc2ccc(Cl)c(C(F)(F)F)c2)CC(C)O1. The monoisotopic (exact) mass is 443 g/mol. The molecule has 1 saturated heterocycles. The molecule has 12 heteroatoms. The van der Waals surface area contributed by atoms with E-state index in [1.807, 2.05) is 0 Å². The number of carbonyl (C=O) groups is 1. The molecule has 158 valence electrons. The van der Waals surface area contributed by atoms with Crippen LogP contribution in [0.2, 0.25) is 5.02 Å². The number of benzene rings is 1. The number of ether oxygens (including phenoxy) is 1. The van der Waals surface area contributed by atoms with Gasteiger partial charge in [0.1, 0.15) is 0 Å². The summed E-state index contributed by atoms with van der Waals surface area (Å²) >= 11 is 5.54. The average Bonchev–Trinajstić information content (AvgIpc) is 2.54. The zero-order chi connectivity index (χ0) is 21.3. The Morgan fingerprint density at radius 2 is 1.89 bits per heavy atom. The van der Waals surface area contributed by atoms with Crippen molar-refractivity contribution in [3.05, 3.63) is 28.8 Å². The summed E-state index contributed by atoms with van der Waals surface area (Å²) in [7, 11) is -2.70. The van der Waals surface area contributed by atoms with Gasteiger partial charge in [-0.25, -0.2) is 0 Å². The van der Waals surface area contributed by atoms with Crippen LogP contribution < -0.4 is 5.32 Å². The summed E-state index contributed by atoms with van der Waals surface area (Å²) in [6.07, 6.45) is -5.27. The number of rotatable bonds is 5. The van der Waals surface area contributed by atoms with Crippen LogP contribution in [0.4, 0.5) is 18.9 Å². The minimum Gasteiger partial charge on any atom is -0.373 e. The van der Waals surface area contributed by atoms with Gasteiger partial charge in [0.05, 0.1) is 29.3 Å². The van der Waals surface area contributed by atoms with E-state index in [9.17, 15) is 26.4 Å². The molecule has 0 radical (unpaired) electrons. The second kappa shape index (κ2) is 8.54. The molecule has 1 aromatic rings. The minimum atomic E-state index is -4.68. The predicted molar refractivity (Wildman–Crippen MR) is 98.2 cm³/mol. The Bertz CT molecular complexity index is 825. The number of anilines is 1. The van der Waals surface area contributed by atoms with Crippen molar-refractivity contribution < 1.29 is 31.1 Å². The molecule has 1 aliphatic rings. The molecule has 1 N–H and O–H groups in total. The first-order chi connectivity index (χ1) is 12.8. The maximum absolute atomic E-state index is 12.9. The summed E-state index contributed by atoms with van der Waals surface area (Å²) in [6.45, 7) is 3.20. The number of hydrogen-bond donors (Lipinski definition) is 1. The third kappa shape index (κ3) is 5.57. The van der Waals surface area contributed by atoms with Crippen molar-refractivity contribution in [1.29, 1.82) is 0 Å². The van der Waals surface area contributed by atoms with Crippen molar-refractivity contribution in [2.45, 2.75) is 32.2 Å². The van der Waals surface area contributed by atoms with Crippen molar-refractivity contribution in [3.8, 4) is 0 Å². The van der Waals surface area contributed by atoms with Crippen molar-refractivity contribution in [2.75, 3.05) is 32.0 Å². The highest BCUT2D eigenvalue weighted by Gasteiger charge is 2.35. The van der Waals surface area contributed by atoms with Gasteiger partial charge >= 0.3 is 6.18 Å². The molecule has 1 aromatic carbocycles. The molecule has 28 heavy (non-hydrogen) atoms. The zero-order valence-corrected chi connectivity index (χ0v) is 17.0. The molecule has 1 fully saturated rings. The molecule has 2 unspecified atom stereocenters. The Morgan fingerprint density at radius 1 is 1.32 bits per heavy atom. The Labute approximate surface area is 166 Å². The Hall–Kier alpha value is -1.40. The zero-order valence-electron chi connectivity index (χ0n) is 15.5. The molecule has 0 spiro atoms. The van der Waals surface area contributed by atoms with E-state index in [4.69, 9.17) is 16.3 Å². The van der Waals surface area contributed by atoms with E-state index < -0.39 is 39.4 Å². The van der Waals surface area contributed by atoms with Gasteiger partial charge in [-0.15, -0.1) is 0 Å². The van der Waals surface area contributed by atoms with Crippen LogP contribution in [0.25, 0.3) is 0 Å². The van der Waals surface area contributed by atoms with Crippen molar-refractivity contribution in [1.82, 2.24) is 8.61 Å². The molecule has 1 heterocycles. The van der Waals surface area contributed by atoms with E-state index in [0.29, 0.717) is 6.07 Å². The average molecular weight is 444 g/mol.